The third-order valence-electron chi connectivity index (χ3n) is 2.83. The van der Waals surface area contributed by atoms with Crippen LogP contribution in [0.15, 0.2) is 18.2 Å². The number of rotatable bonds is 2. The molecule has 0 spiro atoms. The standard InChI is InChI=1S/C12H15FN2O2/c13-11-6-9(16)3-4-10(11)12(17)15-8-2-1-5-14-7-8/h3-4,6,8,14,16H,1-2,5,7H2,(H,15,17)/t8-/m0/s1. The normalized spacial score (nSPS) is 19.9. The second-order valence-electron chi connectivity index (χ2n) is 4.18. The molecule has 2 rings (SSSR count). The van der Waals surface area contributed by atoms with Crippen LogP contribution >= 0.6 is 0 Å². The van der Waals surface area contributed by atoms with Crippen LogP contribution < -0.4 is 10.6 Å². The van der Waals surface area contributed by atoms with Gasteiger partial charge in [-0.15, -0.1) is 0 Å². The Morgan fingerprint density at radius 2 is 2.35 bits per heavy atom. The van der Waals surface area contributed by atoms with Gasteiger partial charge in [0.1, 0.15) is 11.6 Å². The average molecular weight is 238 g/mol. The number of benzene rings is 1. The number of hydrogen-bond donors (Lipinski definition) is 3. The van der Waals surface area contributed by atoms with Gasteiger partial charge >= 0.3 is 0 Å². The van der Waals surface area contributed by atoms with E-state index < -0.39 is 11.7 Å². The van der Waals surface area contributed by atoms with E-state index in [0.717, 1.165) is 25.5 Å². The van der Waals surface area contributed by atoms with Crippen molar-refractivity contribution in [3.63, 3.8) is 0 Å². The third kappa shape index (κ3) is 2.94. The van der Waals surface area contributed by atoms with Gasteiger partial charge in [0.05, 0.1) is 5.56 Å². The van der Waals surface area contributed by atoms with Gasteiger partial charge in [-0.05, 0) is 31.5 Å². The second-order valence-corrected chi connectivity index (χ2v) is 4.18. The highest BCUT2D eigenvalue weighted by atomic mass is 19.1. The van der Waals surface area contributed by atoms with E-state index in [1.165, 1.54) is 12.1 Å². The minimum atomic E-state index is -0.703. The molecule has 1 atom stereocenters. The number of hydrogen-bond acceptors (Lipinski definition) is 3. The van der Waals surface area contributed by atoms with Crippen molar-refractivity contribution in [2.75, 3.05) is 13.1 Å². The number of amides is 1. The lowest BCUT2D eigenvalue weighted by Gasteiger charge is -2.23. The van der Waals surface area contributed by atoms with Crippen molar-refractivity contribution in [2.24, 2.45) is 0 Å². The summed E-state index contributed by atoms with van der Waals surface area (Å²) in [5.74, 6) is -1.32. The van der Waals surface area contributed by atoms with Gasteiger partial charge in [0, 0.05) is 18.7 Å². The van der Waals surface area contributed by atoms with Gasteiger partial charge in [-0.2, -0.15) is 0 Å². The lowest BCUT2D eigenvalue weighted by atomic mass is 10.1. The molecule has 0 saturated carbocycles. The van der Waals surface area contributed by atoms with Crippen LogP contribution in [0.2, 0.25) is 0 Å². The van der Waals surface area contributed by atoms with E-state index in [0.29, 0.717) is 6.54 Å². The molecule has 5 heteroatoms. The van der Waals surface area contributed by atoms with E-state index in [9.17, 15) is 9.18 Å². The SMILES string of the molecule is O=C(N[C@H]1CCCNC1)c1ccc(O)cc1F. The molecule has 1 aromatic rings. The van der Waals surface area contributed by atoms with Crippen molar-refractivity contribution in [2.45, 2.75) is 18.9 Å². The van der Waals surface area contributed by atoms with E-state index in [1.54, 1.807) is 0 Å². The highest BCUT2D eigenvalue weighted by Crippen LogP contribution is 2.15. The first-order valence-corrected chi connectivity index (χ1v) is 5.67. The van der Waals surface area contributed by atoms with Crippen LogP contribution in [0.1, 0.15) is 23.2 Å². The van der Waals surface area contributed by atoms with Crippen molar-refractivity contribution in [1.29, 1.82) is 0 Å². The van der Waals surface area contributed by atoms with Crippen molar-refractivity contribution in [1.82, 2.24) is 10.6 Å². The molecule has 0 radical (unpaired) electrons. The smallest absolute Gasteiger partial charge is 0.254 e. The first kappa shape index (κ1) is 11.9. The zero-order valence-electron chi connectivity index (χ0n) is 9.37. The maximum atomic E-state index is 13.4. The van der Waals surface area contributed by atoms with Gasteiger partial charge in [0.25, 0.3) is 5.91 Å². The Kier molecular flexibility index (Phi) is 3.58. The van der Waals surface area contributed by atoms with Crippen LogP contribution in [0.3, 0.4) is 0 Å². The Hall–Kier alpha value is -1.62. The molecule has 1 heterocycles. The summed E-state index contributed by atoms with van der Waals surface area (Å²) < 4.78 is 13.4. The summed E-state index contributed by atoms with van der Waals surface area (Å²) in [5.41, 5.74) is -0.0339. The zero-order chi connectivity index (χ0) is 12.3. The number of carbonyl (C=O) groups is 1. The van der Waals surface area contributed by atoms with Gasteiger partial charge in [-0.1, -0.05) is 0 Å². The minimum absolute atomic E-state index is 0.0339. The third-order valence-corrected chi connectivity index (χ3v) is 2.83. The first-order valence-electron chi connectivity index (χ1n) is 5.67. The van der Waals surface area contributed by atoms with Crippen molar-refractivity contribution in [3.8, 4) is 5.75 Å². The van der Waals surface area contributed by atoms with Gasteiger partial charge in [0.15, 0.2) is 0 Å². The molecule has 1 amide bonds. The summed E-state index contributed by atoms with van der Waals surface area (Å²) in [6, 6.07) is 3.57. The van der Waals surface area contributed by atoms with Crippen LogP contribution in [0.25, 0.3) is 0 Å². The van der Waals surface area contributed by atoms with Crippen LogP contribution in [-0.2, 0) is 0 Å². The topological polar surface area (TPSA) is 61.4 Å². The number of phenolic OH excluding ortho intramolecular Hbond substituents is 1. The quantitative estimate of drug-likeness (QED) is 0.720. The van der Waals surface area contributed by atoms with Gasteiger partial charge in [0.2, 0.25) is 0 Å². The number of phenols is 1. The van der Waals surface area contributed by atoms with E-state index >= 15 is 0 Å². The number of nitrogens with one attached hydrogen (secondary N) is 2. The molecule has 0 aromatic heterocycles. The molecule has 0 bridgehead atoms. The average Bonchev–Trinajstić information content (AvgIpc) is 2.30. The molecule has 0 aliphatic carbocycles. The largest absolute Gasteiger partial charge is 0.508 e. The van der Waals surface area contributed by atoms with Crippen LogP contribution in [0, 0.1) is 5.82 Å². The highest BCUT2D eigenvalue weighted by Gasteiger charge is 2.18. The molecule has 4 nitrogen and oxygen atoms in total. The molecule has 1 aromatic carbocycles. The molecule has 1 fully saturated rings. The predicted molar refractivity (Wildman–Crippen MR) is 61.4 cm³/mol. The molecular weight excluding hydrogens is 223 g/mol. The summed E-state index contributed by atoms with van der Waals surface area (Å²) in [4.78, 5) is 11.8. The number of halogens is 1. The van der Waals surface area contributed by atoms with Gasteiger partial charge in [-0.25, -0.2) is 4.39 Å². The summed E-state index contributed by atoms with van der Waals surface area (Å²) in [7, 11) is 0. The second kappa shape index (κ2) is 5.14. The van der Waals surface area contributed by atoms with Crippen molar-refractivity contribution < 1.29 is 14.3 Å². The Labute approximate surface area is 98.8 Å². The molecule has 1 saturated heterocycles. The molecule has 1 aliphatic heterocycles. The summed E-state index contributed by atoms with van der Waals surface area (Å²) in [5, 5.41) is 15.0. The molecular formula is C12H15FN2O2. The van der Waals surface area contributed by atoms with E-state index in [1.807, 2.05) is 0 Å². The Morgan fingerprint density at radius 1 is 1.53 bits per heavy atom. The number of piperidine rings is 1. The first-order chi connectivity index (χ1) is 8.16. The molecule has 1 aliphatic rings. The Bertz CT molecular complexity index is 417. The zero-order valence-corrected chi connectivity index (χ0v) is 9.37. The minimum Gasteiger partial charge on any atom is -0.508 e. The lowest BCUT2D eigenvalue weighted by Crippen LogP contribution is -2.45. The fraction of sp³-hybridized carbons (Fsp3) is 0.417. The fourth-order valence-corrected chi connectivity index (χ4v) is 1.93. The highest BCUT2D eigenvalue weighted by molar-refractivity contribution is 5.94. The van der Waals surface area contributed by atoms with E-state index in [2.05, 4.69) is 10.6 Å². The maximum absolute atomic E-state index is 13.4. The van der Waals surface area contributed by atoms with Crippen molar-refractivity contribution in [3.05, 3.63) is 29.6 Å². The summed E-state index contributed by atoms with van der Waals surface area (Å²) in [6.45, 7) is 1.67. The number of carbonyl (C=O) groups excluding carboxylic acids is 1. The molecule has 17 heavy (non-hydrogen) atoms. The van der Waals surface area contributed by atoms with Gasteiger partial charge in [-0.3, -0.25) is 4.79 Å². The summed E-state index contributed by atoms with van der Waals surface area (Å²) in [6.07, 6.45) is 1.90. The Balaban J connectivity index is 2.03. The fourth-order valence-electron chi connectivity index (χ4n) is 1.93. The maximum Gasteiger partial charge on any atom is 0.254 e. The summed E-state index contributed by atoms with van der Waals surface area (Å²) >= 11 is 0. The lowest BCUT2D eigenvalue weighted by molar-refractivity contribution is 0.0926. The van der Waals surface area contributed by atoms with E-state index in [4.69, 9.17) is 5.11 Å². The van der Waals surface area contributed by atoms with Crippen LogP contribution in [-0.4, -0.2) is 30.1 Å². The molecule has 0 unspecified atom stereocenters. The van der Waals surface area contributed by atoms with Gasteiger partial charge < -0.3 is 15.7 Å². The molecule has 3 N–H and O–H groups in total. The monoisotopic (exact) mass is 238 g/mol. The van der Waals surface area contributed by atoms with E-state index in [-0.39, 0.29) is 17.4 Å². The van der Waals surface area contributed by atoms with Crippen LogP contribution in [0.4, 0.5) is 4.39 Å². The van der Waals surface area contributed by atoms with Crippen LogP contribution in [0.5, 0.6) is 5.75 Å². The van der Waals surface area contributed by atoms with Crippen molar-refractivity contribution >= 4 is 5.91 Å². The molecule has 92 valence electrons. The predicted octanol–water partition coefficient (Wildman–Crippen LogP) is 1.01. The Morgan fingerprint density at radius 3 is 3.00 bits per heavy atom. The number of aromatic hydroxyl groups is 1.